The Morgan fingerprint density at radius 3 is 2.43 bits per heavy atom. The number of anilines is 1. The summed E-state index contributed by atoms with van der Waals surface area (Å²) in [6.07, 6.45) is 4.81. The van der Waals surface area contributed by atoms with Crippen LogP contribution in [0.2, 0.25) is 5.02 Å². The maximum atomic E-state index is 12.4. The zero-order valence-corrected chi connectivity index (χ0v) is 13.7. The first-order valence-electron chi connectivity index (χ1n) is 7.90. The smallest absolute Gasteiger partial charge is 0.223 e. The lowest BCUT2D eigenvalue weighted by Crippen LogP contribution is -2.48. The molecule has 4 nitrogen and oxygen atoms in total. The van der Waals surface area contributed by atoms with Crippen LogP contribution in [0.15, 0.2) is 48.8 Å². The molecule has 2 heterocycles. The molecule has 1 saturated heterocycles. The molecule has 0 unspecified atom stereocenters. The number of hydrogen-bond acceptors (Lipinski definition) is 3. The number of halogens is 1. The van der Waals surface area contributed by atoms with Gasteiger partial charge in [0.25, 0.3) is 0 Å². The number of carbonyl (C=O) groups excluding carboxylic acids is 1. The molecule has 0 atom stereocenters. The summed E-state index contributed by atoms with van der Waals surface area (Å²) in [4.78, 5) is 20.7. The normalized spacial score (nSPS) is 14.8. The fourth-order valence-electron chi connectivity index (χ4n) is 2.87. The van der Waals surface area contributed by atoms with E-state index in [1.54, 1.807) is 12.4 Å². The van der Waals surface area contributed by atoms with E-state index in [2.05, 4.69) is 9.88 Å². The van der Waals surface area contributed by atoms with Crippen LogP contribution in [0.3, 0.4) is 0 Å². The van der Waals surface area contributed by atoms with Gasteiger partial charge in [-0.3, -0.25) is 9.78 Å². The quantitative estimate of drug-likeness (QED) is 0.865. The van der Waals surface area contributed by atoms with Crippen molar-refractivity contribution in [2.45, 2.75) is 12.8 Å². The van der Waals surface area contributed by atoms with Crippen LogP contribution in [-0.4, -0.2) is 42.0 Å². The van der Waals surface area contributed by atoms with Crippen LogP contribution in [-0.2, 0) is 11.2 Å². The van der Waals surface area contributed by atoms with E-state index >= 15 is 0 Å². The molecule has 1 aromatic carbocycles. The topological polar surface area (TPSA) is 36.4 Å². The van der Waals surface area contributed by atoms with Crippen molar-refractivity contribution in [2.75, 3.05) is 31.1 Å². The average molecular weight is 330 g/mol. The number of aryl methyl sites for hydroxylation is 1. The monoisotopic (exact) mass is 329 g/mol. The third-order valence-corrected chi connectivity index (χ3v) is 4.60. The molecule has 0 saturated carbocycles. The molecule has 0 spiro atoms. The maximum absolute atomic E-state index is 12.4. The second kappa shape index (κ2) is 7.47. The Labute approximate surface area is 141 Å². The lowest BCUT2D eigenvalue weighted by molar-refractivity contribution is -0.131. The first-order valence-corrected chi connectivity index (χ1v) is 8.28. The lowest BCUT2D eigenvalue weighted by atomic mass is 10.1. The summed E-state index contributed by atoms with van der Waals surface area (Å²) in [6, 6.07) is 11.7. The standard InChI is InChI=1S/C18H20ClN3O/c19-17-4-2-1-3-15(17)5-6-18(23)22-13-11-21(12-14-22)16-7-9-20-10-8-16/h1-4,7-10H,5-6,11-14H2. The van der Waals surface area contributed by atoms with E-state index in [1.165, 1.54) is 5.69 Å². The van der Waals surface area contributed by atoms with Gasteiger partial charge in [0.1, 0.15) is 0 Å². The zero-order chi connectivity index (χ0) is 16.1. The molecule has 3 rings (SSSR count). The van der Waals surface area contributed by atoms with Gasteiger partial charge >= 0.3 is 0 Å². The largest absolute Gasteiger partial charge is 0.368 e. The van der Waals surface area contributed by atoms with Crippen LogP contribution in [0.5, 0.6) is 0 Å². The van der Waals surface area contributed by atoms with Crippen LogP contribution in [0.1, 0.15) is 12.0 Å². The number of aromatic nitrogens is 1. The summed E-state index contributed by atoms with van der Waals surface area (Å²) in [5.41, 5.74) is 2.21. The predicted octanol–water partition coefficient (Wildman–Crippen LogP) is 3.02. The highest BCUT2D eigenvalue weighted by molar-refractivity contribution is 6.31. The Bertz CT molecular complexity index is 654. The van der Waals surface area contributed by atoms with E-state index in [0.29, 0.717) is 12.8 Å². The van der Waals surface area contributed by atoms with Gasteiger partial charge in [-0.1, -0.05) is 29.8 Å². The summed E-state index contributed by atoms with van der Waals surface area (Å²) in [7, 11) is 0. The molecule has 0 radical (unpaired) electrons. The third-order valence-electron chi connectivity index (χ3n) is 4.23. The van der Waals surface area contributed by atoms with Gasteiger partial charge in [-0.15, -0.1) is 0 Å². The minimum absolute atomic E-state index is 0.208. The molecule has 1 aromatic heterocycles. The van der Waals surface area contributed by atoms with Gasteiger partial charge in [0, 0.05) is 55.7 Å². The highest BCUT2D eigenvalue weighted by atomic mass is 35.5. The first-order chi connectivity index (χ1) is 11.2. The average Bonchev–Trinajstić information content (AvgIpc) is 2.62. The third kappa shape index (κ3) is 4.02. The highest BCUT2D eigenvalue weighted by Gasteiger charge is 2.21. The molecule has 1 aliphatic heterocycles. The highest BCUT2D eigenvalue weighted by Crippen LogP contribution is 2.18. The minimum Gasteiger partial charge on any atom is -0.368 e. The molecule has 0 aliphatic carbocycles. The van der Waals surface area contributed by atoms with Crippen LogP contribution < -0.4 is 4.90 Å². The van der Waals surface area contributed by atoms with Gasteiger partial charge in [-0.05, 0) is 30.2 Å². The van der Waals surface area contributed by atoms with Gasteiger partial charge in [0.2, 0.25) is 5.91 Å². The van der Waals surface area contributed by atoms with E-state index in [4.69, 9.17) is 11.6 Å². The van der Waals surface area contributed by atoms with Gasteiger partial charge in [-0.2, -0.15) is 0 Å². The van der Waals surface area contributed by atoms with E-state index < -0.39 is 0 Å². The van der Waals surface area contributed by atoms with Crippen molar-refractivity contribution in [3.05, 3.63) is 59.4 Å². The molecule has 120 valence electrons. The fraction of sp³-hybridized carbons (Fsp3) is 0.333. The number of nitrogens with zero attached hydrogens (tertiary/aromatic N) is 3. The molecule has 1 amide bonds. The van der Waals surface area contributed by atoms with E-state index in [1.807, 2.05) is 41.3 Å². The molecule has 2 aromatic rings. The van der Waals surface area contributed by atoms with Gasteiger partial charge in [0.05, 0.1) is 0 Å². The van der Waals surface area contributed by atoms with Crippen LogP contribution in [0.4, 0.5) is 5.69 Å². The summed E-state index contributed by atoms with van der Waals surface area (Å²) in [5.74, 6) is 0.208. The van der Waals surface area contributed by atoms with Gasteiger partial charge < -0.3 is 9.80 Å². The van der Waals surface area contributed by atoms with Crippen molar-refractivity contribution < 1.29 is 4.79 Å². The Morgan fingerprint density at radius 2 is 1.74 bits per heavy atom. The lowest BCUT2D eigenvalue weighted by Gasteiger charge is -2.36. The fourth-order valence-corrected chi connectivity index (χ4v) is 3.10. The summed E-state index contributed by atoms with van der Waals surface area (Å²) < 4.78 is 0. The van der Waals surface area contributed by atoms with E-state index in [9.17, 15) is 4.79 Å². The molecule has 1 aliphatic rings. The molecule has 0 bridgehead atoms. The van der Waals surface area contributed by atoms with Gasteiger partial charge in [-0.25, -0.2) is 0 Å². The Morgan fingerprint density at radius 1 is 1.04 bits per heavy atom. The predicted molar refractivity (Wildman–Crippen MR) is 92.8 cm³/mol. The maximum Gasteiger partial charge on any atom is 0.223 e. The van der Waals surface area contributed by atoms with Gasteiger partial charge in [0.15, 0.2) is 0 Å². The van der Waals surface area contributed by atoms with E-state index in [-0.39, 0.29) is 5.91 Å². The first kappa shape index (κ1) is 15.8. The van der Waals surface area contributed by atoms with E-state index in [0.717, 1.165) is 36.8 Å². The Kier molecular flexibility index (Phi) is 5.13. The van der Waals surface area contributed by atoms with Crippen molar-refractivity contribution >= 4 is 23.2 Å². The summed E-state index contributed by atoms with van der Waals surface area (Å²) >= 11 is 6.14. The van der Waals surface area contributed by atoms with Crippen molar-refractivity contribution in [3.63, 3.8) is 0 Å². The number of pyridine rings is 1. The molecule has 1 fully saturated rings. The second-order valence-electron chi connectivity index (χ2n) is 5.66. The Balaban J connectivity index is 1.50. The number of piperazine rings is 1. The van der Waals surface area contributed by atoms with Crippen molar-refractivity contribution in [3.8, 4) is 0 Å². The molecular weight excluding hydrogens is 310 g/mol. The number of benzene rings is 1. The Hall–Kier alpha value is -2.07. The zero-order valence-electron chi connectivity index (χ0n) is 13.0. The SMILES string of the molecule is O=C(CCc1ccccc1Cl)N1CCN(c2ccncc2)CC1. The molecular formula is C18H20ClN3O. The van der Waals surface area contributed by atoms with Crippen LogP contribution >= 0.6 is 11.6 Å². The molecule has 23 heavy (non-hydrogen) atoms. The van der Waals surface area contributed by atoms with Crippen molar-refractivity contribution in [2.24, 2.45) is 0 Å². The minimum atomic E-state index is 0.208. The number of rotatable bonds is 4. The number of carbonyl (C=O) groups is 1. The van der Waals surface area contributed by atoms with Crippen molar-refractivity contribution in [1.29, 1.82) is 0 Å². The van der Waals surface area contributed by atoms with Crippen LogP contribution in [0.25, 0.3) is 0 Å². The van der Waals surface area contributed by atoms with Crippen LogP contribution in [0, 0.1) is 0 Å². The molecule has 0 N–H and O–H groups in total. The summed E-state index contributed by atoms with van der Waals surface area (Å²) in [6.45, 7) is 3.26. The number of hydrogen-bond donors (Lipinski definition) is 0. The number of amides is 1. The van der Waals surface area contributed by atoms with Crippen molar-refractivity contribution in [1.82, 2.24) is 9.88 Å². The second-order valence-corrected chi connectivity index (χ2v) is 6.07. The molecule has 5 heteroatoms. The summed E-state index contributed by atoms with van der Waals surface area (Å²) in [5, 5.41) is 0.739.